The van der Waals surface area contributed by atoms with E-state index < -0.39 is 0 Å². The van der Waals surface area contributed by atoms with Crippen molar-refractivity contribution in [2.24, 2.45) is 0 Å². The average molecular weight is 380 g/mol. The molecule has 0 aliphatic carbocycles. The van der Waals surface area contributed by atoms with Gasteiger partial charge in [0.1, 0.15) is 0 Å². The van der Waals surface area contributed by atoms with E-state index in [9.17, 15) is 0 Å². The Morgan fingerprint density at radius 2 is 1.67 bits per heavy atom. The quantitative estimate of drug-likeness (QED) is 0.440. The zero-order valence-corrected chi connectivity index (χ0v) is 14.3. The molecule has 0 bridgehead atoms. The molecule has 0 amide bonds. The van der Waals surface area contributed by atoms with Crippen LogP contribution in [0.1, 0.15) is 16.5 Å². The molecule has 0 saturated carbocycles. The van der Waals surface area contributed by atoms with E-state index in [2.05, 4.69) is 58.4 Å². The summed E-state index contributed by atoms with van der Waals surface area (Å²) >= 11 is 16.1. The third-order valence-electron chi connectivity index (χ3n) is 3.48. The van der Waals surface area contributed by atoms with Crippen LogP contribution in [0.25, 0.3) is 10.8 Å². The van der Waals surface area contributed by atoms with E-state index >= 15 is 0 Å². The summed E-state index contributed by atoms with van der Waals surface area (Å²) in [5, 5.41) is 3.09. The Labute approximate surface area is 142 Å². The highest BCUT2D eigenvalue weighted by atomic mass is 79.9. The number of hydrogen-bond donors (Lipinski definition) is 0. The first kappa shape index (κ1) is 14.9. The van der Waals surface area contributed by atoms with Gasteiger partial charge in [0.25, 0.3) is 0 Å². The first-order chi connectivity index (χ1) is 10.1. The summed E-state index contributed by atoms with van der Waals surface area (Å²) in [6, 6.07) is 20.6. The molecule has 0 N–H and O–H groups in total. The number of halogens is 3. The molecular formula is C18H13BrCl2. The third-order valence-corrected chi connectivity index (χ3v) is 4.56. The van der Waals surface area contributed by atoms with Gasteiger partial charge in [-0.25, -0.2) is 0 Å². The van der Waals surface area contributed by atoms with Crippen LogP contribution in [0.5, 0.6) is 0 Å². The highest BCUT2D eigenvalue weighted by molar-refractivity contribution is 9.10. The van der Waals surface area contributed by atoms with Gasteiger partial charge in [-0.15, -0.1) is 11.6 Å². The SMILES string of the molecule is Clc1cc(Br)cc(C(Cl)Cc2ccc3ccccc3c2)c1. The van der Waals surface area contributed by atoms with Crippen LogP contribution in [0, 0.1) is 0 Å². The van der Waals surface area contributed by atoms with Gasteiger partial charge in [-0.3, -0.25) is 0 Å². The summed E-state index contributed by atoms with van der Waals surface area (Å²) in [5.41, 5.74) is 2.26. The molecule has 3 rings (SSSR count). The maximum Gasteiger partial charge on any atom is 0.0626 e. The average Bonchev–Trinajstić information content (AvgIpc) is 2.46. The lowest BCUT2D eigenvalue weighted by Crippen LogP contribution is -1.96. The van der Waals surface area contributed by atoms with E-state index in [1.807, 2.05) is 18.2 Å². The maximum atomic E-state index is 6.56. The molecule has 0 nitrogen and oxygen atoms in total. The molecule has 0 radical (unpaired) electrons. The van der Waals surface area contributed by atoms with Crippen LogP contribution >= 0.6 is 39.1 Å². The number of fused-ring (bicyclic) bond motifs is 1. The fraction of sp³-hybridized carbons (Fsp3) is 0.111. The largest absolute Gasteiger partial charge is 0.117 e. The minimum absolute atomic E-state index is 0.0961. The van der Waals surface area contributed by atoms with Crippen LogP contribution in [0.15, 0.2) is 65.1 Å². The van der Waals surface area contributed by atoms with Gasteiger partial charge in [0.05, 0.1) is 5.38 Å². The van der Waals surface area contributed by atoms with Crippen LogP contribution < -0.4 is 0 Å². The second-order valence-electron chi connectivity index (χ2n) is 5.06. The summed E-state index contributed by atoms with van der Waals surface area (Å²) in [7, 11) is 0. The third kappa shape index (κ3) is 3.60. The number of hydrogen-bond acceptors (Lipinski definition) is 0. The van der Waals surface area contributed by atoms with Crippen LogP contribution in [0.3, 0.4) is 0 Å². The monoisotopic (exact) mass is 378 g/mol. The van der Waals surface area contributed by atoms with Crippen LogP contribution in [0.2, 0.25) is 5.02 Å². The predicted molar refractivity (Wildman–Crippen MR) is 95.4 cm³/mol. The Morgan fingerprint density at radius 1 is 0.905 bits per heavy atom. The molecule has 0 spiro atoms. The van der Waals surface area contributed by atoms with Crippen LogP contribution in [0.4, 0.5) is 0 Å². The van der Waals surface area contributed by atoms with E-state index in [1.165, 1.54) is 16.3 Å². The van der Waals surface area contributed by atoms with Crippen molar-refractivity contribution in [3.05, 3.63) is 81.3 Å². The van der Waals surface area contributed by atoms with Gasteiger partial charge in [0.2, 0.25) is 0 Å². The number of benzene rings is 3. The van der Waals surface area contributed by atoms with Gasteiger partial charge in [0, 0.05) is 9.50 Å². The summed E-state index contributed by atoms with van der Waals surface area (Å²) in [6.45, 7) is 0. The lowest BCUT2D eigenvalue weighted by Gasteiger charge is -2.12. The molecule has 21 heavy (non-hydrogen) atoms. The summed E-state index contributed by atoms with van der Waals surface area (Å²) < 4.78 is 0.953. The van der Waals surface area contributed by atoms with Gasteiger partial charge >= 0.3 is 0 Å². The molecule has 106 valence electrons. The molecule has 1 unspecified atom stereocenters. The summed E-state index contributed by atoms with van der Waals surface area (Å²) in [4.78, 5) is 0. The Hall–Kier alpha value is -1.02. The van der Waals surface area contributed by atoms with Crippen molar-refractivity contribution < 1.29 is 0 Å². The van der Waals surface area contributed by atoms with Gasteiger partial charge in [0.15, 0.2) is 0 Å². The lowest BCUT2D eigenvalue weighted by atomic mass is 10.0. The van der Waals surface area contributed by atoms with Crippen molar-refractivity contribution in [3.63, 3.8) is 0 Å². The highest BCUT2D eigenvalue weighted by Crippen LogP contribution is 2.30. The lowest BCUT2D eigenvalue weighted by molar-refractivity contribution is 0.921. The second kappa shape index (κ2) is 6.39. The molecule has 0 heterocycles. The molecule has 0 fully saturated rings. The second-order valence-corrected chi connectivity index (χ2v) is 6.93. The Balaban J connectivity index is 1.86. The maximum absolute atomic E-state index is 6.56. The van der Waals surface area contributed by atoms with Gasteiger partial charge in [-0.1, -0.05) is 70.0 Å². The Kier molecular flexibility index (Phi) is 4.54. The van der Waals surface area contributed by atoms with Crippen molar-refractivity contribution in [2.45, 2.75) is 11.8 Å². The predicted octanol–water partition coefficient (Wildman–Crippen LogP) is 6.78. The van der Waals surface area contributed by atoms with E-state index in [4.69, 9.17) is 23.2 Å². The van der Waals surface area contributed by atoms with Crippen molar-refractivity contribution in [1.29, 1.82) is 0 Å². The fourth-order valence-corrected chi connectivity index (χ4v) is 3.64. The first-order valence-electron chi connectivity index (χ1n) is 6.69. The van der Waals surface area contributed by atoms with Crippen molar-refractivity contribution in [2.75, 3.05) is 0 Å². The van der Waals surface area contributed by atoms with Gasteiger partial charge in [-0.2, -0.15) is 0 Å². The summed E-state index contributed by atoms with van der Waals surface area (Å²) in [5.74, 6) is 0. The topological polar surface area (TPSA) is 0 Å². The first-order valence-corrected chi connectivity index (χ1v) is 8.30. The minimum Gasteiger partial charge on any atom is -0.117 e. The molecule has 0 aliphatic rings. The Bertz CT molecular complexity index is 763. The van der Waals surface area contributed by atoms with Crippen molar-refractivity contribution in [3.8, 4) is 0 Å². The smallest absolute Gasteiger partial charge is 0.0626 e. The van der Waals surface area contributed by atoms with E-state index in [1.54, 1.807) is 0 Å². The van der Waals surface area contributed by atoms with E-state index in [0.717, 1.165) is 16.5 Å². The van der Waals surface area contributed by atoms with Crippen molar-refractivity contribution in [1.82, 2.24) is 0 Å². The van der Waals surface area contributed by atoms with Crippen molar-refractivity contribution >= 4 is 49.9 Å². The van der Waals surface area contributed by atoms with E-state index in [-0.39, 0.29) is 5.38 Å². The van der Waals surface area contributed by atoms with Crippen LogP contribution in [-0.2, 0) is 6.42 Å². The molecular weight excluding hydrogens is 367 g/mol. The zero-order chi connectivity index (χ0) is 14.8. The molecule has 3 aromatic rings. The standard InChI is InChI=1S/C18H13BrCl2/c19-16-9-15(10-17(20)11-16)18(21)8-12-5-6-13-3-1-2-4-14(13)7-12/h1-7,9-11,18H,8H2. The molecule has 1 atom stereocenters. The molecule has 3 aromatic carbocycles. The number of rotatable bonds is 3. The molecule has 0 aliphatic heterocycles. The van der Waals surface area contributed by atoms with E-state index in [0.29, 0.717) is 5.02 Å². The molecule has 0 saturated heterocycles. The Morgan fingerprint density at radius 3 is 2.43 bits per heavy atom. The zero-order valence-electron chi connectivity index (χ0n) is 11.2. The summed E-state index contributed by atoms with van der Waals surface area (Å²) in [6.07, 6.45) is 0.777. The minimum atomic E-state index is -0.0961. The highest BCUT2D eigenvalue weighted by Gasteiger charge is 2.11. The molecule has 3 heteroatoms. The molecule has 0 aromatic heterocycles. The van der Waals surface area contributed by atoms with Gasteiger partial charge in [-0.05, 0) is 46.5 Å². The van der Waals surface area contributed by atoms with Crippen LogP contribution in [-0.4, -0.2) is 0 Å². The normalized spacial score (nSPS) is 12.5. The fourth-order valence-electron chi connectivity index (χ4n) is 2.45. The van der Waals surface area contributed by atoms with Gasteiger partial charge < -0.3 is 0 Å². The number of alkyl halides is 1.